The number of halogens is 3. The highest BCUT2D eigenvalue weighted by atomic mass is 35.5. The molecule has 65 heavy (non-hydrogen) atoms. The van der Waals surface area contributed by atoms with Crippen LogP contribution in [0.15, 0.2) is 39.9 Å². The summed E-state index contributed by atoms with van der Waals surface area (Å²) in [6.45, 7) is -4.70. The van der Waals surface area contributed by atoms with E-state index in [1.165, 1.54) is 13.8 Å². The molecule has 344 valence electrons. The number of aromatic nitrogens is 8. The van der Waals surface area contributed by atoms with Crippen LogP contribution in [0.25, 0.3) is 22.3 Å². The van der Waals surface area contributed by atoms with Gasteiger partial charge in [0.1, 0.15) is 31.2 Å². The molecule has 7 N–H and O–H groups in total. The molecule has 2 fully saturated rings. The number of nitrogens with zero attached hydrogens (tertiary/aromatic N) is 8. The Labute approximate surface area is 376 Å². The fourth-order valence-corrected chi connectivity index (χ4v) is 5.41. The van der Waals surface area contributed by atoms with Gasteiger partial charge in [0.25, 0.3) is 0 Å². The molecule has 6 aromatic rings. The molecular formula is C36H33ClF2N10O16. The summed E-state index contributed by atoms with van der Waals surface area (Å²) in [6.07, 6.45) is -5.52. The van der Waals surface area contributed by atoms with E-state index in [0.29, 0.717) is 0 Å². The Bertz CT molecular complexity index is 3310. The van der Waals surface area contributed by atoms with Gasteiger partial charge in [-0.2, -0.15) is 28.7 Å². The van der Waals surface area contributed by atoms with E-state index in [2.05, 4.69) is 57.0 Å². The minimum absolute atomic E-state index is 0.00469. The predicted molar refractivity (Wildman–Crippen MR) is 207 cm³/mol. The van der Waals surface area contributed by atoms with E-state index in [9.17, 15) is 43.3 Å². The molecule has 0 bridgehead atoms. The van der Waals surface area contributed by atoms with Crippen LogP contribution in [0.5, 0.6) is 0 Å². The Morgan fingerprint density at radius 2 is 1.29 bits per heavy atom. The van der Waals surface area contributed by atoms with Crippen LogP contribution >= 0.6 is 11.6 Å². The van der Waals surface area contributed by atoms with E-state index in [4.69, 9.17) is 61.1 Å². The monoisotopic (exact) mass is 942 g/mol. The topological polar surface area (TPSA) is 367 Å². The summed E-state index contributed by atoms with van der Waals surface area (Å²) < 4.78 is 136. The summed E-state index contributed by atoms with van der Waals surface area (Å²) in [5.74, 6) is 1.29. The number of hydrogen-bond acceptors (Lipinski definition) is 24. The second-order valence-electron chi connectivity index (χ2n) is 12.5. The summed E-state index contributed by atoms with van der Waals surface area (Å²) in [5, 5.41) is 30.7. The minimum Gasteiger partial charge on any atom is -0.445 e. The first kappa shape index (κ1) is 37.0. The van der Waals surface area contributed by atoms with Gasteiger partial charge in [0.15, 0.2) is 81.4 Å². The largest absolute Gasteiger partial charge is 0.519 e. The standard InChI is InChI=1S/C18H16FN5O8.C12H12FN5O3.C6H5ClO5/c1-3-18(6-29-16(26)28-5-9-8(2)30-17(27)31-9)10(25)4-11(32-18)24-7-21-12-13(20)22-15(19)23-14(12)24;1-2-12(4-19)6(20)3-7(21-12)18-5-15-8-9(14)16-11(13)17-10(8)18;1-3-4(2-10-5(7)8)12-6(9)11-3/h1,7,10-11,25H,4-6H2,2H3,(H2,20,22,23);1,5-7,19-20H,3-4H2,(H2,14,16,17);2H2,1H3/t10-,11+,18+;6-,7+,12+;/m00./s1/i4D2,6D2;3D2,4D2;. The number of terminal acetylenes is 2. The number of fused-ring (bicyclic) bond motifs is 2. The summed E-state index contributed by atoms with van der Waals surface area (Å²) in [7, 11) is 0. The van der Waals surface area contributed by atoms with Crippen molar-refractivity contribution in [3.05, 3.63) is 69.1 Å². The number of carbonyl (C=O) groups is 2. The number of aryl methyl sites for hydroxylation is 2. The second-order valence-corrected chi connectivity index (χ2v) is 12.8. The summed E-state index contributed by atoms with van der Waals surface area (Å²) in [6, 6.07) is 0. The first-order chi connectivity index (χ1) is 33.8. The maximum Gasteiger partial charge on any atom is 0.519 e. The summed E-state index contributed by atoms with van der Waals surface area (Å²) in [4.78, 5) is 65.1. The van der Waals surface area contributed by atoms with Gasteiger partial charge in [-0.15, -0.1) is 12.8 Å². The third kappa shape index (κ3) is 10.0. The van der Waals surface area contributed by atoms with Crippen LogP contribution in [-0.4, -0.2) is 102 Å². The minimum atomic E-state index is -3.40. The van der Waals surface area contributed by atoms with Crippen LogP contribution in [0.2, 0.25) is 0 Å². The molecule has 2 aliphatic heterocycles. The van der Waals surface area contributed by atoms with Gasteiger partial charge in [-0.05, 0) is 13.8 Å². The third-order valence-corrected chi connectivity index (χ3v) is 8.61. The van der Waals surface area contributed by atoms with Crippen LogP contribution in [0.3, 0.4) is 0 Å². The number of rotatable bonds is 9. The maximum absolute atomic E-state index is 13.8. The van der Waals surface area contributed by atoms with Crippen LogP contribution in [-0.2, 0) is 36.9 Å². The van der Waals surface area contributed by atoms with E-state index < -0.39 is 104 Å². The van der Waals surface area contributed by atoms with Crippen molar-refractivity contribution in [3.8, 4) is 24.7 Å². The molecule has 0 aromatic carbocycles. The van der Waals surface area contributed by atoms with Crippen molar-refractivity contribution < 1.29 is 86.0 Å². The maximum atomic E-state index is 13.8. The number of anilines is 2. The molecule has 0 aliphatic carbocycles. The molecule has 26 nitrogen and oxygen atoms in total. The lowest BCUT2D eigenvalue weighted by atomic mass is 9.99. The van der Waals surface area contributed by atoms with Crippen LogP contribution in [0.4, 0.5) is 30.0 Å². The van der Waals surface area contributed by atoms with Crippen molar-refractivity contribution in [2.24, 2.45) is 0 Å². The van der Waals surface area contributed by atoms with Crippen molar-refractivity contribution >= 4 is 57.1 Å². The van der Waals surface area contributed by atoms with Gasteiger partial charge in [0.2, 0.25) is 0 Å². The Morgan fingerprint density at radius 3 is 1.69 bits per heavy atom. The van der Waals surface area contributed by atoms with Gasteiger partial charge in [-0.25, -0.2) is 29.1 Å². The highest BCUT2D eigenvalue weighted by Crippen LogP contribution is 2.39. The predicted octanol–water partition coefficient (Wildman–Crippen LogP) is 1.02. The van der Waals surface area contributed by atoms with Gasteiger partial charge in [-0.3, -0.25) is 9.13 Å². The first-order valence-electron chi connectivity index (χ1n) is 21.4. The molecule has 6 aromatic heterocycles. The van der Waals surface area contributed by atoms with Gasteiger partial charge in [-0.1, -0.05) is 11.8 Å². The molecule has 8 heterocycles. The van der Waals surface area contributed by atoms with E-state index >= 15 is 0 Å². The van der Waals surface area contributed by atoms with Crippen LogP contribution < -0.4 is 23.1 Å². The molecule has 8 rings (SSSR count). The number of nitrogen functional groups attached to an aromatic ring is 2. The average Bonchev–Trinajstić information content (AvgIpc) is 4.11. The van der Waals surface area contributed by atoms with Crippen LogP contribution in [0, 0.1) is 50.7 Å². The summed E-state index contributed by atoms with van der Waals surface area (Å²) >= 11 is 4.88. The molecule has 0 spiro atoms. The van der Waals surface area contributed by atoms with Gasteiger partial charge < -0.3 is 68.1 Å². The molecule has 0 saturated carbocycles. The van der Waals surface area contributed by atoms with E-state index in [1.54, 1.807) is 5.92 Å². The zero-order valence-electron chi connectivity index (χ0n) is 40.5. The Balaban J connectivity index is 0.000000202. The average molecular weight is 943 g/mol. The number of aliphatic hydroxyl groups is 3. The van der Waals surface area contributed by atoms with Crippen molar-refractivity contribution in [2.75, 3.05) is 24.6 Å². The second kappa shape index (κ2) is 19.1. The first-order valence-corrected chi connectivity index (χ1v) is 17.7. The van der Waals surface area contributed by atoms with Crippen molar-refractivity contribution in [3.63, 3.8) is 0 Å². The van der Waals surface area contributed by atoms with Crippen LogP contribution in [0.1, 0.15) is 59.2 Å². The van der Waals surface area contributed by atoms with E-state index in [1.807, 2.05) is 5.92 Å². The summed E-state index contributed by atoms with van der Waals surface area (Å²) in [5.41, 5.74) is 3.74. The normalized spacial score (nSPS) is 26.1. The van der Waals surface area contributed by atoms with E-state index in [0.717, 1.165) is 21.8 Å². The van der Waals surface area contributed by atoms with Gasteiger partial charge >= 0.3 is 35.4 Å². The fourth-order valence-electron chi connectivity index (χ4n) is 5.35. The molecule has 0 amide bonds. The van der Waals surface area contributed by atoms with Gasteiger partial charge in [0.05, 0.1) is 24.7 Å². The number of hydrogen-bond donors (Lipinski definition) is 5. The smallest absolute Gasteiger partial charge is 0.445 e. The lowest BCUT2D eigenvalue weighted by molar-refractivity contribution is -0.0987. The molecule has 0 unspecified atom stereocenters. The fraction of sp³-hybridized carbons (Fsp3) is 0.389. The molecule has 2 saturated heterocycles. The van der Waals surface area contributed by atoms with E-state index in [-0.39, 0.29) is 63.6 Å². The Hall–Kier alpha value is -7.47. The number of imidazole rings is 2. The quantitative estimate of drug-likeness (QED) is 0.0584. The lowest BCUT2D eigenvalue weighted by Crippen LogP contribution is -2.43. The lowest BCUT2D eigenvalue weighted by Gasteiger charge is -2.25. The Morgan fingerprint density at radius 1 is 0.846 bits per heavy atom. The van der Waals surface area contributed by atoms with Crippen molar-refractivity contribution in [1.82, 2.24) is 39.0 Å². The Kier molecular flexibility index (Phi) is 10.9. The molecule has 6 atom stereocenters. The zero-order valence-corrected chi connectivity index (χ0v) is 33.3. The number of carbonyl (C=O) groups excluding carboxylic acids is 2. The number of nitrogens with two attached hydrogens (primary N) is 2. The third-order valence-electron chi connectivity index (χ3n) is 8.50. The zero-order chi connectivity index (χ0) is 54.6. The van der Waals surface area contributed by atoms with Gasteiger partial charge in [0, 0.05) is 29.8 Å². The molecule has 0 radical (unpaired) electrons. The van der Waals surface area contributed by atoms with Crippen molar-refractivity contribution in [1.29, 1.82) is 0 Å². The van der Waals surface area contributed by atoms with Crippen molar-refractivity contribution in [2.45, 2.75) is 75.7 Å². The highest BCUT2D eigenvalue weighted by molar-refractivity contribution is 6.61. The molecular weight excluding hydrogens is 902 g/mol. The number of ether oxygens (including phenoxy) is 5. The highest BCUT2D eigenvalue weighted by Gasteiger charge is 2.50. The molecule has 2 aliphatic rings. The molecule has 29 heteroatoms. The SMILES string of the molecule is Cc1oc(=O)oc1COC(=O)Cl.[2H]C1([2H])[C@H](n2cnc3c(N)nc(F)nc32)O[C@](C#C)(C([2H])([2H])O)[C@H]1O.[2H]C1([2H])[C@H](n2cnc3c(N)nc(F)nc32)O[C@](C#C)(C([2H])([2H])OC(=O)OCc2oc(=O)oc2C)[C@H]1O. The number of aliphatic hydroxyl groups excluding tert-OH is 2.